The van der Waals surface area contributed by atoms with Crippen molar-refractivity contribution in [3.05, 3.63) is 246 Å². The Balaban J connectivity index is 0.000000159. The van der Waals surface area contributed by atoms with Gasteiger partial charge in [0.15, 0.2) is 28.8 Å². The van der Waals surface area contributed by atoms with Crippen LogP contribution in [0, 0.1) is 0 Å². The van der Waals surface area contributed by atoms with Crippen LogP contribution in [0.25, 0.3) is 34.2 Å². The van der Waals surface area contributed by atoms with Crippen molar-refractivity contribution >= 4 is 87.6 Å². The van der Waals surface area contributed by atoms with E-state index in [1.807, 2.05) is 48.5 Å². The lowest BCUT2D eigenvalue weighted by Gasteiger charge is -2.29. The lowest BCUT2D eigenvalue weighted by atomic mass is 9.80. The molecule has 0 unspecified atom stereocenters. The molecule has 5 aromatic carbocycles. The number of ether oxygens (including phenoxy) is 7. The number of carboxylic acids is 1. The number of hydrogen-bond donors (Lipinski definition) is 6. The van der Waals surface area contributed by atoms with E-state index in [1.165, 1.54) is 81.5 Å². The van der Waals surface area contributed by atoms with Crippen LogP contribution in [0.4, 0.5) is 60.7 Å². The third-order valence-electron chi connectivity index (χ3n) is 18.4. The van der Waals surface area contributed by atoms with Crippen LogP contribution in [0.15, 0.2) is 207 Å². The summed E-state index contributed by atoms with van der Waals surface area (Å²) >= 11 is 5.43. The summed E-state index contributed by atoms with van der Waals surface area (Å²) in [5.41, 5.74) is 10.9. The zero-order valence-corrected chi connectivity index (χ0v) is 67.3. The molecule has 16 rings (SSSR count). The molecule has 0 bridgehead atoms. The van der Waals surface area contributed by atoms with E-state index in [4.69, 9.17) is 60.9 Å². The number of carbonyl (C=O) groups excluding carboxylic acids is 4. The van der Waals surface area contributed by atoms with Crippen molar-refractivity contribution in [2.24, 2.45) is 0 Å². The highest BCUT2D eigenvalue weighted by Crippen LogP contribution is 2.36. The Bertz CT molecular complexity index is 5120. The normalized spacial score (nSPS) is 14.4. The van der Waals surface area contributed by atoms with E-state index in [9.17, 15) is 50.3 Å². The minimum atomic E-state index is -4.67. The van der Waals surface area contributed by atoms with Gasteiger partial charge in [0.1, 0.15) is 5.82 Å². The number of carboxylic acid groups (broad SMARTS) is 1. The number of morpholine rings is 5. The summed E-state index contributed by atoms with van der Waals surface area (Å²) < 4.78 is 117. The second kappa shape index (κ2) is 46.2. The van der Waals surface area contributed by atoms with Crippen molar-refractivity contribution in [1.29, 1.82) is 0 Å². The third-order valence-corrected chi connectivity index (χ3v) is 18.6. The number of amides is 1. The van der Waals surface area contributed by atoms with Gasteiger partial charge in [-0.15, -0.1) is 20.4 Å². The predicted molar refractivity (Wildman–Crippen MR) is 445 cm³/mol. The first kappa shape index (κ1) is 92.4. The summed E-state index contributed by atoms with van der Waals surface area (Å²) in [6, 6.07) is 48.6. The monoisotopic (exact) mass is 1720 g/mol. The fourth-order valence-corrected chi connectivity index (χ4v) is 12.3. The molecule has 123 heavy (non-hydrogen) atoms. The Labute approximate surface area is 707 Å². The lowest BCUT2D eigenvalue weighted by Crippen LogP contribution is -2.36. The average Bonchev–Trinajstić information content (AvgIpc) is 1.64. The molecule has 0 saturated carbocycles. The van der Waals surface area contributed by atoms with Crippen molar-refractivity contribution in [1.82, 2.24) is 55.2 Å². The van der Waals surface area contributed by atoms with E-state index >= 15 is 0 Å². The molecule has 40 heteroatoms. The number of nitrogens with one attached hydrogen (secondary N) is 2. The Kier molecular flexibility index (Phi) is 34.8. The molecule has 11 heterocycles. The van der Waals surface area contributed by atoms with Crippen LogP contribution in [0.2, 0.25) is 0 Å². The van der Waals surface area contributed by atoms with Crippen LogP contribution < -0.4 is 41.4 Å². The molecule has 5 saturated heterocycles. The maximum Gasteiger partial charge on any atom is 0.488 e. The van der Waals surface area contributed by atoms with Gasteiger partial charge in [0, 0.05) is 135 Å². The zero-order valence-electron chi connectivity index (χ0n) is 66.6. The summed E-state index contributed by atoms with van der Waals surface area (Å²) in [6.07, 6.45) is -3.37. The molecular weight excluding hydrogens is 1640 g/mol. The molecule has 0 aliphatic carbocycles. The number of anilines is 6. The zero-order chi connectivity index (χ0) is 87.7. The van der Waals surface area contributed by atoms with Gasteiger partial charge in [-0.2, -0.15) is 36.5 Å². The van der Waals surface area contributed by atoms with Gasteiger partial charge in [0.05, 0.1) is 108 Å². The fourth-order valence-electron chi connectivity index (χ4n) is 12.2. The Morgan fingerprint density at radius 1 is 0.463 bits per heavy atom. The number of nitrogens with zero attached hydrogens (tertiary/aromatic N) is 14. The van der Waals surface area contributed by atoms with Gasteiger partial charge in [-0.1, -0.05) is 36.4 Å². The average molecular weight is 1720 g/mol. The number of nitrogen functional groups attached to an aromatic ring is 1. The number of aromatic nitrogens is 10. The van der Waals surface area contributed by atoms with Crippen LogP contribution in [-0.2, 0) is 45.5 Å². The molecule has 32 nitrogen and oxygen atoms in total. The molecule has 5 aliphatic rings. The summed E-state index contributed by atoms with van der Waals surface area (Å²) in [6.45, 7) is 16.0. The SMILES string of the molecule is C1COCCN1.COC(=O)c1cccc(B(O)O)c1.COC(=O)c1cccc(N2CCOCC2)c1.Nc1ccc(-n2nc(-c3cccnc3)cc2C(F)(F)F)nn1.O=C(Cl)c1cccc(N2CCOCC2)c1.O=C(Nc1ccc(-n2nc(-c3cccnc3)cc2C(F)(F)F)nn1)c1cccc(N2CCOCC2)c1.O=C(O)c1cccc(N2CCOCC2)c1. The van der Waals surface area contributed by atoms with Crippen molar-refractivity contribution in [3.63, 3.8) is 0 Å². The van der Waals surface area contributed by atoms with Crippen LogP contribution in [0.5, 0.6) is 0 Å². The minimum Gasteiger partial charge on any atom is -0.478 e. The van der Waals surface area contributed by atoms with E-state index in [-0.39, 0.29) is 46.1 Å². The number of pyridine rings is 2. The first-order chi connectivity index (χ1) is 59.3. The minimum absolute atomic E-state index is 0.0725. The van der Waals surface area contributed by atoms with E-state index in [0.29, 0.717) is 74.7 Å². The quantitative estimate of drug-likeness (QED) is 0.0241. The predicted octanol–water partition coefficient (Wildman–Crippen LogP) is 9.35. The van der Waals surface area contributed by atoms with Gasteiger partial charge >= 0.3 is 37.4 Å². The van der Waals surface area contributed by atoms with E-state index < -0.39 is 53.9 Å². The van der Waals surface area contributed by atoms with Crippen LogP contribution in [-0.4, -0.2) is 247 Å². The smallest absolute Gasteiger partial charge is 0.478 e. The molecule has 646 valence electrons. The van der Waals surface area contributed by atoms with Gasteiger partial charge in [0.2, 0.25) is 0 Å². The highest BCUT2D eigenvalue weighted by molar-refractivity contribution is 6.67. The highest BCUT2D eigenvalue weighted by atomic mass is 35.5. The standard InChI is InChI=1S/C24H20F3N7O2.C13H9F3N6.C12H15NO3.C11H12ClNO2.C11H13NO3.C8H9BO4.C4H9NO/c25-24(26,27)20-14-19(17-4-2-8-28-15-17)32-34(20)22-7-6-21(30-31-22)29-23(35)16-3-1-5-18(13-16)33-9-11-36-12-10-33;14-13(15,16)10-6-9(8-2-1-5-18-7-8)21-22(10)12-4-3-11(17)19-20-12;1-15-12(14)10-3-2-4-11(9-10)13-5-7-16-8-6-13;12-11(14)9-2-1-3-10(8-9)13-4-6-15-7-5-13;13-11(14)9-2-1-3-10(8-9)12-4-6-15-7-5-12;1-13-8(10)6-3-2-4-7(5-6)9(11)12;1-3-6-4-2-5-1/h1-8,13-15H,9-12H2,(H,29,30,35);1-7H,(H2,17,19);2-4,9H,5-8H2,1H3;1-3,8H,4-7H2;1-3,8H,4-7H2,(H,13,14);2-5,11-12H,1H3;5H,1-4H2. The molecule has 0 spiro atoms. The number of aromatic carboxylic acids is 1. The molecule has 6 aromatic heterocycles. The van der Waals surface area contributed by atoms with Crippen molar-refractivity contribution in [2.45, 2.75) is 12.4 Å². The van der Waals surface area contributed by atoms with Crippen LogP contribution in [0.3, 0.4) is 0 Å². The molecule has 1 amide bonds. The molecule has 11 aromatic rings. The topological polar surface area (TPSA) is 387 Å². The Hall–Kier alpha value is -12.9. The van der Waals surface area contributed by atoms with E-state index in [0.717, 1.165) is 140 Å². The number of methoxy groups -OCH3 is 2. The number of carbonyl (C=O) groups is 5. The van der Waals surface area contributed by atoms with Crippen LogP contribution >= 0.6 is 11.6 Å². The lowest BCUT2D eigenvalue weighted by molar-refractivity contribution is -0.143. The van der Waals surface area contributed by atoms with Crippen molar-refractivity contribution < 1.29 is 98.6 Å². The fraction of sp³-hybridized carbons (Fsp3) is 0.289. The van der Waals surface area contributed by atoms with Gasteiger partial charge in [0.25, 0.3) is 11.1 Å². The molecule has 7 N–H and O–H groups in total. The van der Waals surface area contributed by atoms with Crippen molar-refractivity contribution in [2.75, 3.05) is 176 Å². The van der Waals surface area contributed by atoms with E-state index in [2.05, 4.69) is 75.5 Å². The number of hydrogen-bond acceptors (Lipinski definition) is 28. The molecule has 5 fully saturated rings. The molecule has 0 radical (unpaired) electrons. The van der Waals surface area contributed by atoms with Crippen LogP contribution in [0.1, 0.15) is 63.2 Å². The first-order valence-electron chi connectivity index (χ1n) is 38.3. The second-order valence-electron chi connectivity index (χ2n) is 26.7. The number of rotatable bonds is 15. The summed E-state index contributed by atoms with van der Waals surface area (Å²) in [5.74, 6) is -2.11. The maximum atomic E-state index is 13.7. The van der Waals surface area contributed by atoms with Gasteiger partial charge in [-0.25, -0.2) is 23.7 Å². The van der Waals surface area contributed by atoms with Gasteiger partial charge < -0.3 is 84.3 Å². The maximum absolute atomic E-state index is 13.7. The number of benzene rings is 5. The first-order valence-corrected chi connectivity index (χ1v) is 38.7. The summed E-state index contributed by atoms with van der Waals surface area (Å²) in [7, 11) is 1.10. The molecule has 0 atom stereocenters. The molecule has 5 aliphatic heterocycles. The Morgan fingerprint density at radius 3 is 1.20 bits per heavy atom. The summed E-state index contributed by atoms with van der Waals surface area (Å²) in [4.78, 5) is 73.4. The largest absolute Gasteiger partial charge is 0.488 e. The Morgan fingerprint density at radius 2 is 0.846 bits per heavy atom. The number of nitrogens with two attached hydrogens (primary N) is 1. The van der Waals surface area contributed by atoms with Gasteiger partial charge in [-0.05, 0) is 163 Å². The number of alkyl halides is 6. The number of halogens is 7. The highest BCUT2D eigenvalue weighted by Gasteiger charge is 2.38. The third kappa shape index (κ3) is 28.1. The molecular formula is C83H87BClF6N17O15. The van der Waals surface area contributed by atoms with Gasteiger partial charge in [-0.3, -0.25) is 19.6 Å². The number of esters is 2. The van der Waals surface area contributed by atoms with E-state index in [1.54, 1.807) is 78.9 Å². The second-order valence-corrected chi connectivity index (χ2v) is 27.0. The summed E-state index contributed by atoms with van der Waals surface area (Å²) in [5, 5.41) is 54.8. The van der Waals surface area contributed by atoms with Crippen molar-refractivity contribution in [3.8, 4) is 34.2 Å².